The number of thioether (sulfide) groups is 1. The van der Waals surface area contributed by atoms with Crippen LogP contribution in [0.2, 0.25) is 0 Å². The summed E-state index contributed by atoms with van der Waals surface area (Å²) in [5.41, 5.74) is -3.53. The Morgan fingerprint density at radius 3 is 2.80 bits per heavy atom. The molecule has 1 aliphatic heterocycles. The number of carbonyl (C=O) groups excluding carboxylic acids is 1. The maximum Gasteiger partial charge on any atom is 0.446 e. The fourth-order valence-corrected chi connectivity index (χ4v) is 2.73. The van der Waals surface area contributed by atoms with Crippen molar-refractivity contribution in [3.05, 3.63) is 29.8 Å². The Balaban J connectivity index is 2.00. The average molecular weight is 305 g/mol. The Morgan fingerprint density at radius 2 is 2.25 bits per heavy atom. The summed E-state index contributed by atoms with van der Waals surface area (Å²) < 4.78 is 41.6. The van der Waals surface area contributed by atoms with Gasteiger partial charge in [-0.1, -0.05) is 12.1 Å². The van der Waals surface area contributed by atoms with Gasteiger partial charge in [0.05, 0.1) is 7.11 Å². The SMILES string of the molecule is COC(=O)C1CCN1Cc1cccc(SC(F)(F)F)c1. The highest BCUT2D eigenvalue weighted by Gasteiger charge is 2.35. The van der Waals surface area contributed by atoms with Gasteiger partial charge in [-0.25, -0.2) is 0 Å². The molecule has 1 fully saturated rings. The second kappa shape index (κ2) is 6.05. The van der Waals surface area contributed by atoms with E-state index in [2.05, 4.69) is 4.74 Å². The fourth-order valence-electron chi connectivity index (χ4n) is 2.11. The van der Waals surface area contributed by atoms with Crippen molar-refractivity contribution in [1.82, 2.24) is 4.90 Å². The molecule has 0 bridgehead atoms. The average Bonchev–Trinajstić information content (AvgIpc) is 2.33. The van der Waals surface area contributed by atoms with Crippen molar-refractivity contribution in [2.45, 2.75) is 29.4 Å². The molecule has 2 rings (SSSR count). The van der Waals surface area contributed by atoms with E-state index in [1.54, 1.807) is 12.1 Å². The highest BCUT2D eigenvalue weighted by Crippen LogP contribution is 2.37. The summed E-state index contributed by atoms with van der Waals surface area (Å²) in [6.45, 7) is 1.20. The summed E-state index contributed by atoms with van der Waals surface area (Å²) in [6.07, 6.45) is 0.726. The van der Waals surface area contributed by atoms with E-state index in [1.807, 2.05) is 4.90 Å². The van der Waals surface area contributed by atoms with Gasteiger partial charge in [0.25, 0.3) is 0 Å². The Labute approximate surface area is 119 Å². The second-order valence-corrected chi connectivity index (χ2v) is 5.63. The molecule has 0 amide bonds. The van der Waals surface area contributed by atoms with Crippen molar-refractivity contribution < 1.29 is 22.7 Å². The number of rotatable bonds is 4. The Hall–Kier alpha value is -1.21. The van der Waals surface area contributed by atoms with E-state index in [1.165, 1.54) is 19.2 Å². The zero-order valence-corrected chi connectivity index (χ0v) is 11.6. The van der Waals surface area contributed by atoms with Crippen molar-refractivity contribution in [2.24, 2.45) is 0 Å². The molecule has 1 aromatic rings. The number of carbonyl (C=O) groups is 1. The molecule has 1 aliphatic rings. The van der Waals surface area contributed by atoms with Crippen LogP contribution in [0.3, 0.4) is 0 Å². The lowest BCUT2D eigenvalue weighted by atomic mass is 10.0. The number of methoxy groups -OCH3 is 1. The van der Waals surface area contributed by atoms with Crippen LogP contribution in [0.25, 0.3) is 0 Å². The van der Waals surface area contributed by atoms with Gasteiger partial charge in [-0.05, 0) is 35.9 Å². The minimum absolute atomic E-state index is 0.131. The summed E-state index contributed by atoms with van der Waals surface area (Å²) in [4.78, 5) is 13.5. The molecule has 0 saturated carbocycles. The molecule has 0 spiro atoms. The standard InChI is InChI=1S/C13H14F3NO2S/c1-19-12(18)11-5-6-17(11)8-9-3-2-4-10(7-9)20-13(14,15)16/h2-4,7,11H,5-6,8H2,1H3. The molecule has 20 heavy (non-hydrogen) atoms. The molecule has 1 atom stereocenters. The van der Waals surface area contributed by atoms with Crippen LogP contribution in [0.15, 0.2) is 29.2 Å². The monoisotopic (exact) mass is 305 g/mol. The minimum Gasteiger partial charge on any atom is -0.468 e. The van der Waals surface area contributed by atoms with Crippen LogP contribution in [0, 0.1) is 0 Å². The van der Waals surface area contributed by atoms with Gasteiger partial charge in [-0.2, -0.15) is 13.2 Å². The Kier molecular flexibility index (Phi) is 4.59. The number of alkyl halides is 3. The van der Waals surface area contributed by atoms with Crippen molar-refractivity contribution in [2.75, 3.05) is 13.7 Å². The molecule has 0 aromatic heterocycles. The smallest absolute Gasteiger partial charge is 0.446 e. The van der Waals surface area contributed by atoms with Crippen LogP contribution in [0.4, 0.5) is 13.2 Å². The van der Waals surface area contributed by atoms with Gasteiger partial charge in [0.2, 0.25) is 0 Å². The zero-order valence-electron chi connectivity index (χ0n) is 10.8. The minimum atomic E-state index is -4.29. The zero-order chi connectivity index (χ0) is 14.8. The first-order valence-electron chi connectivity index (χ1n) is 6.05. The predicted molar refractivity (Wildman–Crippen MR) is 69.2 cm³/mol. The molecule has 0 N–H and O–H groups in total. The maximum absolute atomic E-state index is 12.3. The van der Waals surface area contributed by atoms with E-state index in [4.69, 9.17) is 0 Å². The molecule has 1 heterocycles. The predicted octanol–water partition coefficient (Wildman–Crippen LogP) is 3.05. The van der Waals surface area contributed by atoms with Crippen molar-refractivity contribution in [1.29, 1.82) is 0 Å². The third kappa shape index (κ3) is 3.89. The lowest BCUT2D eigenvalue weighted by molar-refractivity contribution is -0.152. The van der Waals surface area contributed by atoms with Crippen LogP contribution >= 0.6 is 11.8 Å². The van der Waals surface area contributed by atoms with E-state index in [-0.39, 0.29) is 28.7 Å². The summed E-state index contributed by atoms with van der Waals surface area (Å²) in [5, 5.41) is 0. The number of nitrogens with zero attached hydrogens (tertiary/aromatic N) is 1. The normalized spacial score (nSPS) is 19.5. The highest BCUT2D eigenvalue weighted by atomic mass is 32.2. The number of likely N-dealkylation sites (tertiary alicyclic amines) is 1. The number of hydrogen-bond acceptors (Lipinski definition) is 4. The van der Waals surface area contributed by atoms with E-state index in [0.717, 1.165) is 18.5 Å². The van der Waals surface area contributed by atoms with E-state index < -0.39 is 5.51 Å². The number of esters is 1. The quantitative estimate of drug-likeness (QED) is 0.632. The molecule has 0 radical (unpaired) electrons. The van der Waals surface area contributed by atoms with Crippen LogP contribution in [-0.4, -0.2) is 36.1 Å². The van der Waals surface area contributed by atoms with Crippen molar-refractivity contribution in [3.8, 4) is 0 Å². The molecule has 1 saturated heterocycles. The number of benzene rings is 1. The Morgan fingerprint density at radius 1 is 1.50 bits per heavy atom. The molecular formula is C13H14F3NO2S. The topological polar surface area (TPSA) is 29.5 Å². The highest BCUT2D eigenvalue weighted by molar-refractivity contribution is 8.00. The lowest BCUT2D eigenvalue weighted by Gasteiger charge is -2.38. The summed E-state index contributed by atoms with van der Waals surface area (Å²) in [7, 11) is 1.33. The maximum atomic E-state index is 12.3. The fraction of sp³-hybridized carbons (Fsp3) is 0.462. The van der Waals surface area contributed by atoms with Crippen LogP contribution < -0.4 is 0 Å². The van der Waals surface area contributed by atoms with Gasteiger partial charge in [0, 0.05) is 18.0 Å². The Bertz CT molecular complexity index is 493. The third-order valence-electron chi connectivity index (χ3n) is 3.12. The molecule has 7 heteroatoms. The summed E-state index contributed by atoms with van der Waals surface area (Å²) in [5.74, 6) is -0.294. The number of hydrogen-bond donors (Lipinski definition) is 0. The first-order valence-corrected chi connectivity index (χ1v) is 6.87. The summed E-state index contributed by atoms with van der Waals surface area (Å²) >= 11 is -0.131. The van der Waals surface area contributed by atoms with Crippen LogP contribution in [-0.2, 0) is 16.1 Å². The first kappa shape index (κ1) is 15.2. The van der Waals surface area contributed by atoms with E-state index >= 15 is 0 Å². The van der Waals surface area contributed by atoms with Crippen LogP contribution in [0.5, 0.6) is 0 Å². The van der Waals surface area contributed by atoms with Gasteiger partial charge in [-0.3, -0.25) is 9.69 Å². The molecule has 1 unspecified atom stereocenters. The lowest BCUT2D eigenvalue weighted by Crippen LogP contribution is -2.52. The summed E-state index contributed by atoms with van der Waals surface area (Å²) in [6, 6.07) is 6.00. The van der Waals surface area contributed by atoms with Crippen molar-refractivity contribution >= 4 is 17.7 Å². The molecule has 0 aliphatic carbocycles. The van der Waals surface area contributed by atoms with Gasteiger partial charge in [0.1, 0.15) is 6.04 Å². The molecular weight excluding hydrogens is 291 g/mol. The third-order valence-corrected chi connectivity index (χ3v) is 3.84. The van der Waals surface area contributed by atoms with Crippen molar-refractivity contribution in [3.63, 3.8) is 0 Å². The second-order valence-electron chi connectivity index (χ2n) is 4.49. The molecule has 3 nitrogen and oxygen atoms in total. The number of ether oxygens (including phenoxy) is 1. The van der Waals surface area contributed by atoms with E-state index in [9.17, 15) is 18.0 Å². The van der Waals surface area contributed by atoms with Gasteiger partial charge in [-0.15, -0.1) is 0 Å². The van der Waals surface area contributed by atoms with E-state index in [0.29, 0.717) is 6.54 Å². The molecule has 1 aromatic carbocycles. The number of halogens is 3. The van der Waals surface area contributed by atoms with Gasteiger partial charge in [0.15, 0.2) is 0 Å². The van der Waals surface area contributed by atoms with Gasteiger partial charge >= 0.3 is 11.5 Å². The largest absolute Gasteiger partial charge is 0.468 e. The first-order chi connectivity index (χ1) is 9.39. The molecule has 110 valence electrons. The van der Waals surface area contributed by atoms with Gasteiger partial charge < -0.3 is 4.74 Å². The van der Waals surface area contributed by atoms with Crippen LogP contribution in [0.1, 0.15) is 12.0 Å².